The van der Waals surface area contributed by atoms with Gasteiger partial charge in [0, 0.05) is 52.7 Å². The largest absolute Gasteiger partial charge is 0.383 e. The van der Waals surface area contributed by atoms with Gasteiger partial charge in [0.25, 0.3) is 0 Å². The standard InChI is InChI=1S/C23H35N3O3/c1-18(27)24-10-9-23(28)26(12-13-29-2)17-19-6-5-11-25(16-19)22-14-20-7-3-4-8-21(20)15-22/h3-4,7-8,19,22H,5-6,9-17H2,1-2H3,(H,24,27). The van der Waals surface area contributed by atoms with E-state index < -0.39 is 0 Å². The number of hydrogen-bond acceptors (Lipinski definition) is 4. The van der Waals surface area contributed by atoms with Gasteiger partial charge in [-0.15, -0.1) is 0 Å². The van der Waals surface area contributed by atoms with Crippen LogP contribution in [0.5, 0.6) is 0 Å². The Balaban J connectivity index is 1.53. The van der Waals surface area contributed by atoms with E-state index in [9.17, 15) is 9.59 Å². The Morgan fingerprint density at radius 3 is 2.62 bits per heavy atom. The van der Waals surface area contributed by atoms with Crippen LogP contribution in [0.3, 0.4) is 0 Å². The topological polar surface area (TPSA) is 61.9 Å². The summed E-state index contributed by atoms with van der Waals surface area (Å²) < 4.78 is 5.22. The zero-order valence-corrected chi connectivity index (χ0v) is 17.9. The highest BCUT2D eigenvalue weighted by atomic mass is 16.5. The Kier molecular flexibility index (Phi) is 8.07. The molecule has 6 heteroatoms. The molecule has 0 radical (unpaired) electrons. The maximum absolute atomic E-state index is 12.7. The number of carbonyl (C=O) groups excluding carboxylic acids is 2. The number of carbonyl (C=O) groups is 2. The molecule has 3 rings (SSSR count). The van der Waals surface area contributed by atoms with E-state index in [1.54, 1.807) is 7.11 Å². The summed E-state index contributed by atoms with van der Waals surface area (Å²) in [5.74, 6) is 0.497. The Hall–Kier alpha value is -1.92. The first-order chi connectivity index (χ1) is 14.1. The van der Waals surface area contributed by atoms with E-state index in [1.807, 2.05) is 4.90 Å². The minimum atomic E-state index is -0.0956. The average Bonchev–Trinajstić information content (AvgIpc) is 3.15. The van der Waals surface area contributed by atoms with Crippen molar-refractivity contribution in [3.8, 4) is 0 Å². The summed E-state index contributed by atoms with van der Waals surface area (Å²) in [5, 5.41) is 2.72. The second kappa shape index (κ2) is 10.7. The quantitative estimate of drug-likeness (QED) is 0.686. The Bertz CT molecular complexity index is 669. The van der Waals surface area contributed by atoms with E-state index in [0.717, 1.165) is 32.5 Å². The zero-order chi connectivity index (χ0) is 20.6. The van der Waals surface area contributed by atoms with E-state index in [4.69, 9.17) is 4.74 Å². The van der Waals surface area contributed by atoms with Crippen molar-refractivity contribution in [1.82, 2.24) is 15.1 Å². The van der Waals surface area contributed by atoms with Crippen LogP contribution in [0.25, 0.3) is 0 Å². The third-order valence-electron chi connectivity index (χ3n) is 6.21. The molecule has 1 N–H and O–H groups in total. The molecule has 160 valence electrons. The molecule has 0 bridgehead atoms. The molecule has 1 unspecified atom stereocenters. The lowest BCUT2D eigenvalue weighted by Gasteiger charge is -2.38. The van der Waals surface area contributed by atoms with Crippen LogP contribution in [-0.2, 0) is 27.2 Å². The summed E-state index contributed by atoms with van der Waals surface area (Å²) in [6, 6.07) is 9.40. The normalized spacial score (nSPS) is 19.7. The summed E-state index contributed by atoms with van der Waals surface area (Å²) in [7, 11) is 1.67. The predicted molar refractivity (Wildman–Crippen MR) is 114 cm³/mol. The number of benzene rings is 1. The van der Waals surface area contributed by atoms with Gasteiger partial charge in [0.1, 0.15) is 0 Å². The number of ether oxygens (including phenoxy) is 1. The molecule has 0 aromatic heterocycles. The molecule has 6 nitrogen and oxygen atoms in total. The van der Waals surface area contributed by atoms with Gasteiger partial charge in [0.2, 0.25) is 11.8 Å². The third kappa shape index (κ3) is 6.28. The van der Waals surface area contributed by atoms with Crippen LogP contribution < -0.4 is 5.32 Å². The maximum Gasteiger partial charge on any atom is 0.224 e. The number of nitrogens with one attached hydrogen (secondary N) is 1. The van der Waals surface area contributed by atoms with Crippen LogP contribution in [0.15, 0.2) is 24.3 Å². The maximum atomic E-state index is 12.7. The van der Waals surface area contributed by atoms with Crippen molar-refractivity contribution in [2.24, 2.45) is 5.92 Å². The second-order valence-corrected chi connectivity index (χ2v) is 8.40. The number of likely N-dealkylation sites (tertiary alicyclic amines) is 1. The highest BCUT2D eigenvalue weighted by molar-refractivity contribution is 5.78. The fourth-order valence-corrected chi connectivity index (χ4v) is 4.71. The van der Waals surface area contributed by atoms with Crippen LogP contribution in [0.4, 0.5) is 0 Å². The molecule has 1 aliphatic carbocycles. The van der Waals surface area contributed by atoms with E-state index in [2.05, 4.69) is 34.5 Å². The second-order valence-electron chi connectivity index (χ2n) is 8.40. The lowest BCUT2D eigenvalue weighted by molar-refractivity contribution is -0.132. The van der Waals surface area contributed by atoms with Gasteiger partial charge in [0.05, 0.1) is 6.61 Å². The monoisotopic (exact) mass is 401 g/mol. The van der Waals surface area contributed by atoms with Gasteiger partial charge < -0.3 is 15.0 Å². The minimum Gasteiger partial charge on any atom is -0.383 e. The zero-order valence-electron chi connectivity index (χ0n) is 17.9. The summed E-state index contributed by atoms with van der Waals surface area (Å²) in [4.78, 5) is 28.3. The number of piperidine rings is 1. The third-order valence-corrected chi connectivity index (χ3v) is 6.21. The molecule has 1 aromatic rings. The molecule has 1 saturated heterocycles. The van der Waals surface area contributed by atoms with Crippen LogP contribution in [0.2, 0.25) is 0 Å². The molecule has 0 saturated carbocycles. The lowest BCUT2D eigenvalue weighted by atomic mass is 9.95. The van der Waals surface area contributed by atoms with Crippen molar-refractivity contribution in [1.29, 1.82) is 0 Å². The molecule has 2 aliphatic rings. The number of fused-ring (bicyclic) bond motifs is 1. The van der Waals surface area contributed by atoms with Crippen LogP contribution >= 0.6 is 0 Å². The van der Waals surface area contributed by atoms with Crippen LogP contribution in [0, 0.1) is 5.92 Å². The number of amides is 2. The fourth-order valence-electron chi connectivity index (χ4n) is 4.71. The molecule has 29 heavy (non-hydrogen) atoms. The number of nitrogens with zero attached hydrogens (tertiary/aromatic N) is 2. The van der Waals surface area contributed by atoms with E-state index in [-0.39, 0.29) is 11.8 Å². The van der Waals surface area contributed by atoms with E-state index in [0.29, 0.717) is 38.1 Å². The number of hydrogen-bond donors (Lipinski definition) is 1. The Labute approximate surface area is 174 Å². The SMILES string of the molecule is COCCN(CC1CCCN(C2Cc3ccccc3C2)C1)C(=O)CCNC(C)=O. The minimum absolute atomic E-state index is 0.0956. The first kappa shape index (κ1) is 21.8. The molecular weight excluding hydrogens is 366 g/mol. The molecule has 2 amide bonds. The van der Waals surface area contributed by atoms with E-state index >= 15 is 0 Å². The summed E-state index contributed by atoms with van der Waals surface area (Å²) >= 11 is 0. The molecular formula is C23H35N3O3. The summed E-state index contributed by atoms with van der Waals surface area (Å²) in [5.41, 5.74) is 2.99. The molecule has 0 spiro atoms. The highest BCUT2D eigenvalue weighted by Gasteiger charge is 2.31. The van der Waals surface area contributed by atoms with Gasteiger partial charge in [-0.3, -0.25) is 14.5 Å². The van der Waals surface area contributed by atoms with Crippen LogP contribution in [0.1, 0.15) is 37.3 Å². The van der Waals surface area contributed by atoms with Gasteiger partial charge in [-0.2, -0.15) is 0 Å². The van der Waals surface area contributed by atoms with Gasteiger partial charge in [-0.25, -0.2) is 0 Å². The first-order valence-corrected chi connectivity index (χ1v) is 10.9. The smallest absolute Gasteiger partial charge is 0.224 e. The fraction of sp³-hybridized carbons (Fsp3) is 0.652. The van der Waals surface area contributed by atoms with Gasteiger partial charge in [0.15, 0.2) is 0 Å². The average molecular weight is 402 g/mol. The summed E-state index contributed by atoms with van der Waals surface area (Å²) in [6.45, 7) is 6.02. The lowest BCUT2D eigenvalue weighted by Crippen LogP contribution is -2.47. The Morgan fingerprint density at radius 1 is 1.24 bits per heavy atom. The number of methoxy groups -OCH3 is 1. The first-order valence-electron chi connectivity index (χ1n) is 10.9. The van der Waals surface area contributed by atoms with Crippen molar-refractivity contribution >= 4 is 11.8 Å². The van der Waals surface area contributed by atoms with Crippen molar-refractivity contribution in [3.05, 3.63) is 35.4 Å². The van der Waals surface area contributed by atoms with E-state index in [1.165, 1.54) is 30.9 Å². The van der Waals surface area contributed by atoms with Crippen molar-refractivity contribution in [2.75, 3.05) is 46.4 Å². The molecule has 1 heterocycles. The number of rotatable bonds is 9. The van der Waals surface area contributed by atoms with Gasteiger partial charge >= 0.3 is 0 Å². The van der Waals surface area contributed by atoms with Crippen molar-refractivity contribution in [3.63, 3.8) is 0 Å². The molecule has 1 fully saturated rings. The van der Waals surface area contributed by atoms with Crippen molar-refractivity contribution < 1.29 is 14.3 Å². The van der Waals surface area contributed by atoms with Gasteiger partial charge in [-0.1, -0.05) is 24.3 Å². The summed E-state index contributed by atoms with van der Waals surface area (Å²) in [6.07, 6.45) is 4.99. The van der Waals surface area contributed by atoms with Crippen LogP contribution in [-0.4, -0.2) is 74.1 Å². The molecule has 1 aromatic carbocycles. The highest BCUT2D eigenvalue weighted by Crippen LogP contribution is 2.29. The predicted octanol–water partition coefficient (Wildman–Crippen LogP) is 1.87. The van der Waals surface area contributed by atoms with Crippen molar-refractivity contribution in [2.45, 2.75) is 45.1 Å². The Morgan fingerprint density at radius 2 is 1.97 bits per heavy atom. The van der Waals surface area contributed by atoms with Gasteiger partial charge in [-0.05, 0) is 49.3 Å². The molecule has 1 aliphatic heterocycles. The molecule has 1 atom stereocenters.